The molecule has 0 aliphatic heterocycles. The zero-order valence-corrected chi connectivity index (χ0v) is 10.1. The highest BCUT2D eigenvalue weighted by Gasteiger charge is 2.14. The summed E-state index contributed by atoms with van der Waals surface area (Å²) in [5.41, 5.74) is -0.00571. The molecule has 1 aromatic carbocycles. The first-order valence-corrected chi connectivity index (χ1v) is 5.59. The third-order valence-electron chi connectivity index (χ3n) is 2.29. The minimum Gasteiger partial charge on any atom is -0.504 e. The van der Waals surface area contributed by atoms with Crippen LogP contribution in [0, 0.1) is 0 Å². The first kappa shape index (κ1) is 13.9. The molecule has 0 heterocycles. The first-order chi connectivity index (χ1) is 8.56. The quantitative estimate of drug-likeness (QED) is 0.324. The minimum absolute atomic E-state index is 0.00571. The van der Waals surface area contributed by atoms with Crippen LogP contribution < -0.4 is 0 Å². The van der Waals surface area contributed by atoms with E-state index >= 15 is 0 Å². The van der Waals surface area contributed by atoms with Gasteiger partial charge in [0.05, 0.1) is 12.2 Å². The van der Waals surface area contributed by atoms with Crippen LogP contribution >= 0.6 is 0 Å². The average molecular weight is 252 g/mol. The van der Waals surface area contributed by atoms with Gasteiger partial charge in [-0.25, -0.2) is 4.79 Å². The summed E-state index contributed by atoms with van der Waals surface area (Å²) in [5.74, 6) is -2.42. The summed E-state index contributed by atoms with van der Waals surface area (Å²) < 4.78 is 4.95. The van der Waals surface area contributed by atoms with Crippen LogP contribution in [0.1, 0.15) is 30.1 Å². The second-order valence-corrected chi connectivity index (χ2v) is 3.71. The zero-order chi connectivity index (χ0) is 13.5. The van der Waals surface area contributed by atoms with E-state index in [9.17, 15) is 15.0 Å². The second kappa shape index (κ2) is 6.54. The van der Waals surface area contributed by atoms with Crippen LogP contribution in [0.5, 0.6) is 17.2 Å². The molecule has 0 unspecified atom stereocenters. The molecule has 3 N–H and O–H groups in total. The van der Waals surface area contributed by atoms with Crippen molar-refractivity contribution >= 4 is 5.97 Å². The molecule has 0 radical (unpaired) electrons. The molecule has 0 bridgehead atoms. The van der Waals surface area contributed by atoms with Crippen molar-refractivity contribution in [2.45, 2.75) is 19.8 Å². The van der Waals surface area contributed by atoms with Crippen molar-refractivity contribution in [3.05, 3.63) is 29.8 Å². The zero-order valence-electron chi connectivity index (χ0n) is 10.1. The van der Waals surface area contributed by atoms with Gasteiger partial charge in [-0.2, -0.15) is 0 Å². The summed E-state index contributed by atoms with van der Waals surface area (Å²) in [7, 11) is 0. The Hall–Kier alpha value is -2.17. The number of allylic oxidation sites excluding steroid dienone is 2. The maximum Gasteiger partial charge on any atom is 0.338 e. The van der Waals surface area contributed by atoms with Gasteiger partial charge in [0.25, 0.3) is 0 Å². The van der Waals surface area contributed by atoms with E-state index in [2.05, 4.69) is 0 Å². The number of esters is 1. The molecule has 5 heteroatoms. The molecule has 0 aromatic heterocycles. The molecule has 5 nitrogen and oxygen atoms in total. The fourth-order valence-corrected chi connectivity index (χ4v) is 1.34. The molecule has 0 fully saturated rings. The van der Waals surface area contributed by atoms with Crippen LogP contribution in [-0.4, -0.2) is 27.9 Å². The van der Waals surface area contributed by atoms with E-state index in [0.29, 0.717) is 6.42 Å². The third kappa shape index (κ3) is 3.69. The summed E-state index contributed by atoms with van der Waals surface area (Å²) in [6, 6.07) is 2.09. The molecule has 1 aromatic rings. The number of unbranched alkanes of at least 4 members (excludes halogenated alkanes) is 1. The lowest BCUT2D eigenvalue weighted by atomic mass is 10.2. The summed E-state index contributed by atoms with van der Waals surface area (Å²) in [6.07, 6.45) is 5.39. The van der Waals surface area contributed by atoms with Crippen molar-refractivity contribution in [2.75, 3.05) is 6.61 Å². The molecule has 98 valence electrons. The summed E-state index contributed by atoms with van der Waals surface area (Å²) in [6.45, 7) is 2.17. The number of ether oxygens (including phenoxy) is 1. The number of benzene rings is 1. The number of aromatic hydroxyl groups is 3. The Morgan fingerprint density at radius 1 is 1.28 bits per heavy atom. The summed E-state index contributed by atoms with van der Waals surface area (Å²) >= 11 is 0. The molecule has 0 saturated heterocycles. The van der Waals surface area contributed by atoms with Gasteiger partial charge in [0.15, 0.2) is 17.2 Å². The third-order valence-corrected chi connectivity index (χ3v) is 2.29. The van der Waals surface area contributed by atoms with Crippen LogP contribution in [0.2, 0.25) is 0 Å². The molecule has 0 aliphatic carbocycles. The largest absolute Gasteiger partial charge is 0.504 e. The van der Waals surface area contributed by atoms with Gasteiger partial charge >= 0.3 is 5.97 Å². The van der Waals surface area contributed by atoms with Gasteiger partial charge in [-0.05, 0) is 31.9 Å². The van der Waals surface area contributed by atoms with Gasteiger partial charge in [-0.3, -0.25) is 0 Å². The SMILES string of the molecule is CC=CCCCOC(=O)c1cc(O)c(O)c(O)c1. The van der Waals surface area contributed by atoms with Crippen LogP contribution in [0.15, 0.2) is 24.3 Å². The molecule has 1 rings (SSSR count). The van der Waals surface area contributed by atoms with Crippen LogP contribution in [0.4, 0.5) is 0 Å². The molecule has 0 atom stereocenters. The van der Waals surface area contributed by atoms with Gasteiger partial charge in [-0.15, -0.1) is 0 Å². The Labute approximate surface area is 105 Å². The van der Waals surface area contributed by atoms with E-state index in [0.717, 1.165) is 18.6 Å². The Morgan fingerprint density at radius 2 is 1.89 bits per heavy atom. The van der Waals surface area contributed by atoms with Gasteiger partial charge in [0.1, 0.15) is 0 Å². The molecular formula is C13H16O5. The van der Waals surface area contributed by atoms with Crippen molar-refractivity contribution in [1.29, 1.82) is 0 Å². The number of phenolic OH excluding ortho intramolecular Hbond substituents is 3. The Balaban J connectivity index is 2.57. The standard InChI is InChI=1S/C13H16O5/c1-2-3-4-5-6-18-13(17)9-7-10(14)12(16)11(15)8-9/h2-3,7-8,14-16H,4-6H2,1H3. The number of rotatable bonds is 5. The Bertz CT molecular complexity index is 428. The Kier molecular flexibility index (Phi) is 5.05. The van der Waals surface area contributed by atoms with E-state index in [1.165, 1.54) is 0 Å². The lowest BCUT2D eigenvalue weighted by Crippen LogP contribution is -2.06. The molecule has 0 aliphatic rings. The van der Waals surface area contributed by atoms with Crippen LogP contribution in [0.25, 0.3) is 0 Å². The average Bonchev–Trinajstić information content (AvgIpc) is 2.34. The van der Waals surface area contributed by atoms with Crippen molar-refractivity contribution < 1.29 is 24.9 Å². The molecule has 0 amide bonds. The van der Waals surface area contributed by atoms with Gasteiger partial charge < -0.3 is 20.1 Å². The number of hydrogen-bond acceptors (Lipinski definition) is 5. The number of carbonyl (C=O) groups excluding carboxylic acids is 1. The number of phenols is 3. The maximum absolute atomic E-state index is 11.5. The van der Waals surface area contributed by atoms with Crippen molar-refractivity contribution in [3.63, 3.8) is 0 Å². The van der Waals surface area contributed by atoms with Crippen molar-refractivity contribution in [1.82, 2.24) is 0 Å². The molecule has 0 spiro atoms. The normalized spacial score (nSPS) is 10.7. The van der Waals surface area contributed by atoms with E-state index in [-0.39, 0.29) is 12.2 Å². The lowest BCUT2D eigenvalue weighted by molar-refractivity contribution is 0.0500. The van der Waals surface area contributed by atoms with Crippen molar-refractivity contribution in [2.24, 2.45) is 0 Å². The molecule has 0 saturated carbocycles. The van der Waals surface area contributed by atoms with Crippen LogP contribution in [0.3, 0.4) is 0 Å². The summed E-state index contributed by atoms with van der Waals surface area (Å²) in [5, 5.41) is 27.6. The van der Waals surface area contributed by atoms with Gasteiger partial charge in [-0.1, -0.05) is 12.2 Å². The van der Waals surface area contributed by atoms with Crippen molar-refractivity contribution in [3.8, 4) is 17.2 Å². The highest BCUT2D eigenvalue weighted by atomic mass is 16.5. The maximum atomic E-state index is 11.5. The number of carbonyl (C=O) groups is 1. The number of hydrogen-bond donors (Lipinski definition) is 3. The highest BCUT2D eigenvalue weighted by Crippen LogP contribution is 2.35. The van der Waals surface area contributed by atoms with E-state index in [1.807, 2.05) is 19.1 Å². The van der Waals surface area contributed by atoms with E-state index < -0.39 is 23.2 Å². The Morgan fingerprint density at radius 3 is 2.44 bits per heavy atom. The smallest absolute Gasteiger partial charge is 0.338 e. The topological polar surface area (TPSA) is 87.0 Å². The fraction of sp³-hybridized carbons (Fsp3) is 0.308. The van der Waals surface area contributed by atoms with Crippen LogP contribution in [-0.2, 0) is 4.74 Å². The van der Waals surface area contributed by atoms with Gasteiger partial charge in [0, 0.05) is 0 Å². The monoisotopic (exact) mass is 252 g/mol. The highest BCUT2D eigenvalue weighted by molar-refractivity contribution is 5.91. The summed E-state index contributed by atoms with van der Waals surface area (Å²) in [4.78, 5) is 11.5. The molecule has 18 heavy (non-hydrogen) atoms. The van der Waals surface area contributed by atoms with E-state index in [4.69, 9.17) is 9.84 Å². The predicted molar refractivity (Wildman–Crippen MR) is 65.8 cm³/mol. The molecular weight excluding hydrogens is 236 g/mol. The predicted octanol–water partition coefficient (Wildman–Crippen LogP) is 2.32. The fourth-order valence-electron chi connectivity index (χ4n) is 1.34. The lowest BCUT2D eigenvalue weighted by Gasteiger charge is -2.06. The van der Waals surface area contributed by atoms with E-state index in [1.54, 1.807) is 0 Å². The first-order valence-electron chi connectivity index (χ1n) is 5.59. The second-order valence-electron chi connectivity index (χ2n) is 3.71. The minimum atomic E-state index is -0.653. The van der Waals surface area contributed by atoms with Gasteiger partial charge in [0.2, 0.25) is 0 Å².